The van der Waals surface area contributed by atoms with E-state index in [1.807, 2.05) is 0 Å². The zero-order chi connectivity index (χ0) is 13.4. The minimum Gasteiger partial charge on any atom is -0.393 e. The van der Waals surface area contributed by atoms with Crippen LogP contribution in [-0.2, 0) is 0 Å². The second-order valence-corrected chi connectivity index (χ2v) is 5.20. The third kappa shape index (κ3) is 2.24. The number of tetrazole rings is 1. The van der Waals surface area contributed by atoms with Gasteiger partial charge in [-0.05, 0) is 47.2 Å². The Morgan fingerprint density at radius 3 is 2.95 bits per heavy atom. The zero-order valence-electron chi connectivity index (χ0n) is 9.76. The summed E-state index contributed by atoms with van der Waals surface area (Å²) in [5.41, 5.74) is 5.69. The topological polar surface area (TPSA) is 113 Å². The molecule has 8 nitrogen and oxygen atoms in total. The lowest BCUT2D eigenvalue weighted by atomic mass is 10.3. The Balaban J connectivity index is 1.97. The molecular weight excluding hydrogens is 268 g/mol. The number of nitrogens with zero attached hydrogens (tertiary/aromatic N) is 5. The van der Waals surface area contributed by atoms with Crippen LogP contribution in [-0.4, -0.2) is 25.1 Å². The van der Waals surface area contributed by atoms with Gasteiger partial charge in [-0.3, -0.25) is 10.1 Å². The van der Waals surface area contributed by atoms with Crippen LogP contribution < -0.4 is 5.73 Å². The number of hydrogen-bond acceptors (Lipinski definition) is 7. The van der Waals surface area contributed by atoms with E-state index in [2.05, 4.69) is 15.5 Å². The molecule has 1 saturated carbocycles. The Kier molecular flexibility index (Phi) is 2.82. The summed E-state index contributed by atoms with van der Waals surface area (Å²) in [5, 5.41) is 23.0. The van der Waals surface area contributed by atoms with E-state index in [0.717, 1.165) is 24.6 Å². The van der Waals surface area contributed by atoms with Crippen molar-refractivity contribution in [1.29, 1.82) is 0 Å². The summed E-state index contributed by atoms with van der Waals surface area (Å²) in [7, 11) is 0. The maximum absolute atomic E-state index is 11.1. The molecule has 98 valence electrons. The summed E-state index contributed by atoms with van der Waals surface area (Å²) < 4.78 is 1.71. The fraction of sp³-hybridized carbons (Fsp3) is 0.300. The van der Waals surface area contributed by atoms with Gasteiger partial charge in [0.05, 0.1) is 15.9 Å². The molecule has 0 unspecified atom stereocenters. The zero-order valence-corrected chi connectivity index (χ0v) is 10.6. The molecule has 19 heavy (non-hydrogen) atoms. The highest BCUT2D eigenvalue weighted by molar-refractivity contribution is 7.99. The molecule has 1 aromatic heterocycles. The van der Waals surface area contributed by atoms with Gasteiger partial charge in [0.1, 0.15) is 5.69 Å². The molecule has 0 bridgehead atoms. The first-order chi connectivity index (χ1) is 9.16. The third-order valence-electron chi connectivity index (χ3n) is 2.77. The SMILES string of the molecule is Nc1cccc(Sc2nnnn2C2CC2)c1[N+](=O)[O-]. The lowest BCUT2D eigenvalue weighted by molar-refractivity contribution is -0.386. The second-order valence-electron chi connectivity index (χ2n) is 4.19. The summed E-state index contributed by atoms with van der Waals surface area (Å²) in [6.07, 6.45) is 2.08. The van der Waals surface area contributed by atoms with Crippen molar-refractivity contribution < 1.29 is 4.92 Å². The van der Waals surface area contributed by atoms with E-state index in [9.17, 15) is 10.1 Å². The molecule has 0 spiro atoms. The highest BCUT2D eigenvalue weighted by atomic mass is 32.2. The quantitative estimate of drug-likeness (QED) is 0.514. The molecule has 3 rings (SSSR count). The van der Waals surface area contributed by atoms with E-state index < -0.39 is 4.92 Å². The van der Waals surface area contributed by atoms with Gasteiger partial charge < -0.3 is 5.73 Å². The van der Waals surface area contributed by atoms with Crippen molar-refractivity contribution in [2.24, 2.45) is 0 Å². The van der Waals surface area contributed by atoms with Crippen LogP contribution in [0.5, 0.6) is 0 Å². The lowest BCUT2D eigenvalue weighted by Crippen LogP contribution is -2.00. The Morgan fingerprint density at radius 1 is 1.47 bits per heavy atom. The van der Waals surface area contributed by atoms with Gasteiger partial charge in [0, 0.05) is 0 Å². The minimum absolute atomic E-state index is 0.0992. The van der Waals surface area contributed by atoms with Crippen LogP contribution in [0.1, 0.15) is 18.9 Å². The van der Waals surface area contributed by atoms with Crippen LogP contribution in [0.3, 0.4) is 0 Å². The predicted octanol–water partition coefficient (Wildman–Crippen LogP) is 1.65. The molecule has 9 heteroatoms. The van der Waals surface area contributed by atoms with E-state index in [-0.39, 0.29) is 11.4 Å². The molecule has 1 fully saturated rings. The molecule has 2 N–H and O–H groups in total. The van der Waals surface area contributed by atoms with E-state index in [1.54, 1.807) is 16.8 Å². The van der Waals surface area contributed by atoms with Crippen LogP contribution in [0.15, 0.2) is 28.3 Å². The Hall–Kier alpha value is -2.16. The molecule has 0 atom stereocenters. The van der Waals surface area contributed by atoms with Crippen LogP contribution in [0.25, 0.3) is 0 Å². The number of nitrogens with two attached hydrogens (primary N) is 1. The largest absolute Gasteiger partial charge is 0.393 e. The number of nitro benzene ring substituents is 1. The molecule has 0 amide bonds. The Morgan fingerprint density at radius 2 is 2.26 bits per heavy atom. The van der Waals surface area contributed by atoms with Crippen LogP contribution in [0.2, 0.25) is 0 Å². The summed E-state index contributed by atoms with van der Waals surface area (Å²) in [6.45, 7) is 0. The molecule has 0 aliphatic heterocycles. The number of para-hydroxylation sites is 1. The van der Waals surface area contributed by atoms with Crippen molar-refractivity contribution in [1.82, 2.24) is 20.2 Å². The van der Waals surface area contributed by atoms with Gasteiger partial charge in [-0.25, -0.2) is 4.68 Å². The molecule has 1 aromatic carbocycles. The molecule has 0 saturated heterocycles. The number of benzene rings is 1. The van der Waals surface area contributed by atoms with Crippen molar-refractivity contribution in [2.75, 3.05) is 5.73 Å². The smallest absolute Gasteiger partial charge is 0.306 e. The van der Waals surface area contributed by atoms with E-state index in [0.29, 0.717) is 16.1 Å². The number of anilines is 1. The first-order valence-corrected chi connectivity index (χ1v) is 6.47. The molecule has 1 heterocycles. The number of rotatable bonds is 4. The summed E-state index contributed by atoms with van der Waals surface area (Å²) >= 11 is 1.16. The molecule has 0 radical (unpaired) electrons. The number of hydrogen-bond donors (Lipinski definition) is 1. The minimum atomic E-state index is -0.483. The maximum Gasteiger partial charge on any atom is 0.306 e. The van der Waals surface area contributed by atoms with Crippen molar-refractivity contribution >= 4 is 23.1 Å². The molecule has 1 aliphatic rings. The summed E-state index contributed by atoms with van der Waals surface area (Å²) in [6, 6.07) is 5.14. The number of aromatic nitrogens is 4. The average molecular weight is 278 g/mol. The Labute approximate surface area is 112 Å². The summed E-state index contributed by atoms with van der Waals surface area (Å²) in [5.74, 6) is 0. The maximum atomic E-state index is 11.1. The van der Waals surface area contributed by atoms with Gasteiger partial charge in [-0.2, -0.15) is 0 Å². The molecule has 2 aromatic rings. The average Bonchev–Trinajstić information content (AvgIpc) is 3.10. The van der Waals surface area contributed by atoms with Crippen LogP contribution in [0, 0.1) is 10.1 Å². The highest BCUT2D eigenvalue weighted by Gasteiger charge is 2.29. The van der Waals surface area contributed by atoms with Crippen molar-refractivity contribution in [3.05, 3.63) is 28.3 Å². The normalized spacial score (nSPS) is 14.5. The van der Waals surface area contributed by atoms with Crippen LogP contribution >= 0.6 is 11.8 Å². The van der Waals surface area contributed by atoms with E-state index >= 15 is 0 Å². The standard InChI is InChI=1S/C10H10N6O2S/c11-7-2-1-3-8(9(7)16(17)18)19-10-12-13-14-15(10)6-4-5-6/h1-3,6H,4-5,11H2. The summed E-state index contributed by atoms with van der Waals surface area (Å²) in [4.78, 5) is 11.0. The van der Waals surface area contributed by atoms with Gasteiger partial charge >= 0.3 is 5.69 Å². The van der Waals surface area contributed by atoms with E-state index in [4.69, 9.17) is 5.73 Å². The van der Waals surface area contributed by atoms with Gasteiger partial charge in [0.25, 0.3) is 0 Å². The van der Waals surface area contributed by atoms with Gasteiger partial charge in [-0.1, -0.05) is 6.07 Å². The lowest BCUT2D eigenvalue weighted by Gasteiger charge is -2.04. The number of nitro groups is 1. The third-order valence-corrected chi connectivity index (χ3v) is 3.77. The van der Waals surface area contributed by atoms with Crippen molar-refractivity contribution in [3.63, 3.8) is 0 Å². The first kappa shape index (κ1) is 11.9. The van der Waals surface area contributed by atoms with Crippen molar-refractivity contribution in [2.45, 2.75) is 28.9 Å². The van der Waals surface area contributed by atoms with Gasteiger partial charge in [0.2, 0.25) is 5.16 Å². The van der Waals surface area contributed by atoms with Gasteiger partial charge in [0.15, 0.2) is 0 Å². The monoisotopic (exact) mass is 278 g/mol. The van der Waals surface area contributed by atoms with Gasteiger partial charge in [-0.15, -0.1) is 5.10 Å². The predicted molar refractivity (Wildman–Crippen MR) is 67.7 cm³/mol. The fourth-order valence-corrected chi connectivity index (χ4v) is 2.71. The highest BCUT2D eigenvalue weighted by Crippen LogP contribution is 2.41. The first-order valence-electron chi connectivity index (χ1n) is 5.65. The second kappa shape index (κ2) is 4.50. The number of nitrogen functional groups attached to an aromatic ring is 1. The fourth-order valence-electron chi connectivity index (χ4n) is 1.72. The molecule has 1 aliphatic carbocycles. The van der Waals surface area contributed by atoms with Crippen molar-refractivity contribution in [3.8, 4) is 0 Å². The molecular formula is C10H10N6O2S. The Bertz CT molecular complexity index is 639. The van der Waals surface area contributed by atoms with Crippen LogP contribution in [0.4, 0.5) is 11.4 Å². The van der Waals surface area contributed by atoms with E-state index in [1.165, 1.54) is 6.07 Å².